The van der Waals surface area contributed by atoms with Crippen molar-refractivity contribution in [1.82, 2.24) is 20.2 Å². The van der Waals surface area contributed by atoms with E-state index >= 15 is 0 Å². The third-order valence-electron chi connectivity index (χ3n) is 4.52. The van der Waals surface area contributed by atoms with E-state index in [9.17, 15) is 4.79 Å². The molecule has 2 aromatic heterocycles. The van der Waals surface area contributed by atoms with Gasteiger partial charge in [0.25, 0.3) is 5.91 Å². The summed E-state index contributed by atoms with van der Waals surface area (Å²) in [5.74, 6) is 1.86. The number of nitrogens with zero attached hydrogens (tertiary/aromatic N) is 4. The van der Waals surface area contributed by atoms with Crippen molar-refractivity contribution in [3.8, 4) is 11.4 Å². The Morgan fingerprint density at radius 1 is 1.12 bits per heavy atom. The van der Waals surface area contributed by atoms with Crippen molar-refractivity contribution in [2.24, 2.45) is 5.10 Å². The van der Waals surface area contributed by atoms with Gasteiger partial charge in [-0.25, -0.2) is 5.43 Å². The largest absolute Gasteiger partial charge is 0.495 e. The molecule has 0 unspecified atom stereocenters. The van der Waals surface area contributed by atoms with E-state index in [1.165, 1.54) is 24.2 Å². The quantitative estimate of drug-likeness (QED) is 0.210. The molecule has 2 N–H and O–H groups in total. The minimum Gasteiger partial charge on any atom is -0.495 e. The average molecular weight is 463 g/mol. The van der Waals surface area contributed by atoms with E-state index in [4.69, 9.17) is 9.15 Å². The predicted octanol–water partition coefficient (Wildman–Crippen LogP) is 3.72. The number of benzene rings is 2. The Balaban J connectivity index is 1.46. The van der Waals surface area contributed by atoms with E-state index in [0.29, 0.717) is 23.3 Å². The van der Waals surface area contributed by atoms with Gasteiger partial charge in [-0.15, -0.1) is 10.2 Å². The van der Waals surface area contributed by atoms with Crippen molar-refractivity contribution in [3.05, 3.63) is 84.6 Å². The van der Waals surface area contributed by atoms with Gasteiger partial charge in [-0.2, -0.15) is 5.10 Å². The van der Waals surface area contributed by atoms with Crippen LogP contribution in [0.25, 0.3) is 5.69 Å². The summed E-state index contributed by atoms with van der Waals surface area (Å²) >= 11 is 1.28. The second kappa shape index (κ2) is 11.0. The van der Waals surface area contributed by atoms with Crippen LogP contribution in [0.4, 0.5) is 5.69 Å². The van der Waals surface area contributed by atoms with Crippen LogP contribution in [0.3, 0.4) is 0 Å². The van der Waals surface area contributed by atoms with Gasteiger partial charge in [0.1, 0.15) is 11.5 Å². The number of nitrogens with one attached hydrogen (secondary N) is 2. The zero-order valence-corrected chi connectivity index (χ0v) is 18.7. The fraction of sp³-hybridized carbons (Fsp3) is 0.130. The summed E-state index contributed by atoms with van der Waals surface area (Å²) in [4.78, 5) is 12.2. The minimum absolute atomic E-state index is 0.125. The number of hydrogen-bond acceptors (Lipinski definition) is 8. The molecule has 9 nitrogen and oxygen atoms in total. The highest BCUT2D eigenvalue weighted by molar-refractivity contribution is 7.99. The standard InChI is InChI=1S/C23H22N6O3S/c1-31-20-12-6-5-11-19(20)24-15-21-26-28-23(29(21)17-8-3-2-4-9-17)33-16-22(30)27-25-14-18-10-7-13-32-18/h2-14,24H,15-16H2,1H3,(H,27,30)/b25-14+. The molecule has 1 amide bonds. The fourth-order valence-corrected chi connectivity index (χ4v) is 3.77. The number of aromatic nitrogens is 3. The summed E-state index contributed by atoms with van der Waals surface area (Å²) < 4.78 is 12.5. The van der Waals surface area contributed by atoms with Crippen molar-refractivity contribution in [2.75, 3.05) is 18.2 Å². The highest BCUT2D eigenvalue weighted by atomic mass is 32.2. The van der Waals surface area contributed by atoms with E-state index in [0.717, 1.165) is 17.1 Å². The summed E-state index contributed by atoms with van der Waals surface area (Å²) in [7, 11) is 1.63. The van der Waals surface area contributed by atoms with E-state index in [1.54, 1.807) is 19.2 Å². The Morgan fingerprint density at radius 2 is 1.94 bits per heavy atom. The van der Waals surface area contributed by atoms with Crippen LogP contribution in [0.15, 0.2) is 87.7 Å². The van der Waals surface area contributed by atoms with Crippen molar-refractivity contribution in [2.45, 2.75) is 11.7 Å². The zero-order valence-electron chi connectivity index (χ0n) is 17.8. The van der Waals surface area contributed by atoms with Crippen molar-refractivity contribution < 1.29 is 13.9 Å². The first-order chi connectivity index (χ1) is 16.2. The molecule has 0 aliphatic rings. The van der Waals surface area contributed by atoms with Crippen LogP contribution in [0.5, 0.6) is 5.75 Å². The number of hydrazone groups is 1. The topological polar surface area (TPSA) is 107 Å². The van der Waals surface area contributed by atoms with E-state index in [-0.39, 0.29) is 11.7 Å². The first-order valence-corrected chi connectivity index (χ1v) is 11.1. The molecule has 2 aromatic carbocycles. The molecule has 0 radical (unpaired) electrons. The van der Waals surface area contributed by atoms with Gasteiger partial charge in [0.15, 0.2) is 11.0 Å². The molecule has 0 aliphatic carbocycles. The number of rotatable bonds is 10. The van der Waals surface area contributed by atoms with Gasteiger partial charge in [0, 0.05) is 5.69 Å². The van der Waals surface area contributed by atoms with Crippen molar-refractivity contribution in [3.63, 3.8) is 0 Å². The third kappa shape index (κ3) is 5.80. The van der Waals surface area contributed by atoms with Gasteiger partial charge in [0.2, 0.25) is 0 Å². The lowest BCUT2D eigenvalue weighted by Gasteiger charge is -2.13. The van der Waals surface area contributed by atoms with Crippen LogP contribution in [0, 0.1) is 0 Å². The van der Waals surface area contributed by atoms with Crippen LogP contribution < -0.4 is 15.5 Å². The number of anilines is 1. The number of methoxy groups -OCH3 is 1. The Bertz CT molecular complexity index is 1210. The Kier molecular flexibility index (Phi) is 7.39. The molecular formula is C23H22N6O3S. The number of carbonyl (C=O) groups excluding carboxylic acids is 1. The lowest BCUT2D eigenvalue weighted by atomic mass is 10.3. The van der Waals surface area contributed by atoms with Crippen molar-refractivity contribution >= 4 is 29.6 Å². The molecule has 0 saturated carbocycles. The van der Waals surface area contributed by atoms with Crippen molar-refractivity contribution in [1.29, 1.82) is 0 Å². The number of furan rings is 1. The smallest absolute Gasteiger partial charge is 0.250 e. The molecule has 0 bridgehead atoms. The van der Waals surface area contributed by atoms with Crippen LogP contribution in [-0.2, 0) is 11.3 Å². The highest BCUT2D eigenvalue weighted by Gasteiger charge is 2.16. The van der Waals surface area contributed by atoms with E-state index < -0.39 is 0 Å². The maximum absolute atomic E-state index is 12.2. The normalized spacial score (nSPS) is 10.9. The SMILES string of the molecule is COc1ccccc1NCc1nnc(SCC(=O)N/N=C/c2ccco2)n1-c1ccccc1. The lowest BCUT2D eigenvalue weighted by Crippen LogP contribution is -2.20. The molecule has 4 aromatic rings. The monoisotopic (exact) mass is 462 g/mol. The second-order valence-corrected chi connectivity index (χ2v) is 7.66. The van der Waals surface area contributed by atoms with Gasteiger partial charge >= 0.3 is 0 Å². The molecule has 0 aliphatic heterocycles. The lowest BCUT2D eigenvalue weighted by molar-refractivity contribution is -0.118. The summed E-state index contributed by atoms with van der Waals surface area (Å²) in [6.07, 6.45) is 2.98. The van der Waals surface area contributed by atoms with Gasteiger partial charge in [-0.05, 0) is 36.4 Å². The Labute approximate surface area is 194 Å². The summed E-state index contributed by atoms with van der Waals surface area (Å²) in [5, 5.41) is 16.5. The first-order valence-electron chi connectivity index (χ1n) is 10.1. The number of thioether (sulfide) groups is 1. The third-order valence-corrected chi connectivity index (χ3v) is 5.44. The van der Waals surface area contributed by atoms with Gasteiger partial charge < -0.3 is 14.5 Å². The van der Waals surface area contributed by atoms with Crippen LogP contribution in [-0.4, -0.2) is 39.7 Å². The molecule has 0 fully saturated rings. The molecule has 168 valence electrons. The number of para-hydroxylation sites is 3. The van der Waals surface area contributed by atoms with Crippen LogP contribution >= 0.6 is 11.8 Å². The number of hydrogen-bond donors (Lipinski definition) is 2. The second-order valence-electron chi connectivity index (χ2n) is 6.72. The fourth-order valence-electron chi connectivity index (χ4n) is 3.00. The number of amides is 1. The summed E-state index contributed by atoms with van der Waals surface area (Å²) in [5.41, 5.74) is 4.24. The van der Waals surface area contributed by atoms with Crippen LogP contribution in [0.2, 0.25) is 0 Å². The number of carbonyl (C=O) groups is 1. The predicted molar refractivity (Wildman–Crippen MR) is 127 cm³/mol. The summed E-state index contributed by atoms with van der Waals surface area (Å²) in [6.45, 7) is 0.419. The van der Waals surface area contributed by atoms with Gasteiger partial charge in [-0.1, -0.05) is 42.1 Å². The molecule has 0 saturated heterocycles. The Morgan fingerprint density at radius 3 is 2.73 bits per heavy atom. The molecule has 4 rings (SSSR count). The first kappa shape index (κ1) is 22.2. The maximum Gasteiger partial charge on any atom is 0.250 e. The molecule has 0 spiro atoms. The average Bonchev–Trinajstić information content (AvgIpc) is 3.52. The molecule has 10 heteroatoms. The molecule has 0 atom stereocenters. The van der Waals surface area contributed by atoms with E-state index in [2.05, 4.69) is 26.0 Å². The van der Waals surface area contributed by atoms with Gasteiger partial charge in [-0.3, -0.25) is 9.36 Å². The molecule has 33 heavy (non-hydrogen) atoms. The number of ether oxygens (including phenoxy) is 1. The maximum atomic E-state index is 12.2. The highest BCUT2D eigenvalue weighted by Crippen LogP contribution is 2.25. The van der Waals surface area contributed by atoms with E-state index in [1.807, 2.05) is 59.2 Å². The minimum atomic E-state index is -0.265. The summed E-state index contributed by atoms with van der Waals surface area (Å²) in [6, 6.07) is 20.9. The molecule has 2 heterocycles. The zero-order chi connectivity index (χ0) is 22.9. The van der Waals surface area contributed by atoms with Gasteiger partial charge in [0.05, 0.1) is 37.6 Å². The molecular weight excluding hydrogens is 440 g/mol. The Hall–Kier alpha value is -4.05. The van der Waals surface area contributed by atoms with Crippen LogP contribution in [0.1, 0.15) is 11.6 Å².